The molecule has 11 heteroatoms. The minimum Gasteiger partial charge on any atom is -0.306 e. The standard InChI is InChI=1S/C17H16ClFN6O3/c1-2-15(24-9-13(7-20-24)25(27)28)17(26)21-16-14(18)10-23(22-16)8-11-3-5-12(19)6-4-11/h3-7,9-10,15H,2,8H2,1H3,(H,21,22,26). The van der Waals surface area contributed by atoms with E-state index in [0.29, 0.717) is 13.0 Å². The van der Waals surface area contributed by atoms with E-state index < -0.39 is 16.9 Å². The third-order valence-electron chi connectivity index (χ3n) is 4.02. The highest BCUT2D eigenvalue weighted by Gasteiger charge is 2.23. The van der Waals surface area contributed by atoms with Crippen molar-refractivity contribution in [3.63, 3.8) is 0 Å². The first-order valence-electron chi connectivity index (χ1n) is 8.34. The molecule has 1 amide bonds. The van der Waals surface area contributed by atoms with Gasteiger partial charge in [-0.1, -0.05) is 30.7 Å². The van der Waals surface area contributed by atoms with Crippen LogP contribution in [-0.4, -0.2) is 30.4 Å². The molecule has 0 aliphatic carbocycles. The minimum atomic E-state index is -0.757. The molecule has 1 unspecified atom stereocenters. The SMILES string of the molecule is CCC(C(=O)Nc1nn(Cc2ccc(F)cc2)cc1Cl)n1cc([N+](=O)[O-])cn1. The summed E-state index contributed by atoms with van der Waals surface area (Å²) in [5.41, 5.74) is 0.613. The van der Waals surface area contributed by atoms with Crippen molar-refractivity contribution < 1.29 is 14.1 Å². The van der Waals surface area contributed by atoms with Gasteiger partial charge in [0.25, 0.3) is 0 Å². The number of hydrogen-bond acceptors (Lipinski definition) is 5. The minimum absolute atomic E-state index is 0.161. The molecular formula is C17H16ClFN6O3. The molecule has 146 valence electrons. The number of hydrogen-bond donors (Lipinski definition) is 1. The van der Waals surface area contributed by atoms with Crippen molar-refractivity contribution in [3.8, 4) is 0 Å². The molecule has 0 saturated carbocycles. The molecule has 0 radical (unpaired) electrons. The lowest BCUT2D eigenvalue weighted by Crippen LogP contribution is -2.26. The predicted octanol–water partition coefficient (Wildman–Crippen LogP) is 3.42. The Balaban J connectivity index is 1.72. The van der Waals surface area contributed by atoms with Crippen molar-refractivity contribution >= 4 is 29.0 Å². The summed E-state index contributed by atoms with van der Waals surface area (Å²) in [5, 5.41) is 21.8. The van der Waals surface area contributed by atoms with Gasteiger partial charge in [-0.05, 0) is 24.1 Å². The quantitative estimate of drug-likeness (QED) is 0.477. The van der Waals surface area contributed by atoms with E-state index in [1.807, 2.05) is 0 Å². The summed E-state index contributed by atoms with van der Waals surface area (Å²) in [6, 6.07) is 5.19. The Labute approximate surface area is 163 Å². The topological polar surface area (TPSA) is 108 Å². The maximum absolute atomic E-state index is 13.0. The van der Waals surface area contributed by atoms with Gasteiger partial charge in [-0.15, -0.1) is 0 Å². The monoisotopic (exact) mass is 406 g/mol. The van der Waals surface area contributed by atoms with Gasteiger partial charge >= 0.3 is 5.69 Å². The molecular weight excluding hydrogens is 391 g/mol. The van der Waals surface area contributed by atoms with Crippen molar-refractivity contribution in [2.24, 2.45) is 0 Å². The number of nitro groups is 1. The molecule has 3 aromatic rings. The van der Waals surface area contributed by atoms with Gasteiger partial charge < -0.3 is 5.32 Å². The van der Waals surface area contributed by atoms with Crippen LogP contribution in [0.15, 0.2) is 42.9 Å². The third kappa shape index (κ3) is 4.34. The molecule has 9 nitrogen and oxygen atoms in total. The lowest BCUT2D eigenvalue weighted by atomic mass is 10.2. The zero-order valence-electron chi connectivity index (χ0n) is 14.7. The van der Waals surface area contributed by atoms with Crippen molar-refractivity contribution in [2.45, 2.75) is 25.9 Å². The molecule has 0 bridgehead atoms. The van der Waals surface area contributed by atoms with Crippen LogP contribution in [0, 0.1) is 15.9 Å². The second kappa shape index (κ2) is 8.17. The Bertz CT molecular complexity index is 1000. The van der Waals surface area contributed by atoms with E-state index in [-0.39, 0.29) is 22.3 Å². The van der Waals surface area contributed by atoms with Crippen molar-refractivity contribution in [1.29, 1.82) is 0 Å². The van der Waals surface area contributed by atoms with E-state index in [1.165, 1.54) is 27.7 Å². The van der Waals surface area contributed by atoms with Crippen LogP contribution in [0.3, 0.4) is 0 Å². The van der Waals surface area contributed by atoms with E-state index >= 15 is 0 Å². The van der Waals surface area contributed by atoms with E-state index in [9.17, 15) is 19.3 Å². The number of nitrogens with one attached hydrogen (secondary N) is 1. The number of amides is 1. The van der Waals surface area contributed by atoms with E-state index in [1.54, 1.807) is 25.3 Å². The number of halogens is 2. The average molecular weight is 407 g/mol. The first kappa shape index (κ1) is 19.5. The fourth-order valence-electron chi connectivity index (χ4n) is 2.62. The highest BCUT2D eigenvalue weighted by atomic mass is 35.5. The summed E-state index contributed by atoms with van der Waals surface area (Å²) in [6.07, 6.45) is 4.18. The molecule has 28 heavy (non-hydrogen) atoms. The largest absolute Gasteiger partial charge is 0.307 e. The number of nitrogens with zero attached hydrogens (tertiary/aromatic N) is 5. The molecule has 0 spiro atoms. The van der Waals surface area contributed by atoms with Gasteiger partial charge in [-0.3, -0.25) is 24.3 Å². The number of aromatic nitrogens is 4. The lowest BCUT2D eigenvalue weighted by Gasteiger charge is -2.14. The van der Waals surface area contributed by atoms with E-state index in [2.05, 4.69) is 15.5 Å². The molecule has 1 N–H and O–H groups in total. The summed E-state index contributed by atoms with van der Waals surface area (Å²) < 4.78 is 15.7. The Kier molecular flexibility index (Phi) is 5.69. The first-order chi connectivity index (χ1) is 13.4. The molecule has 0 aliphatic rings. The number of rotatable bonds is 7. The molecule has 0 aliphatic heterocycles. The van der Waals surface area contributed by atoms with Crippen LogP contribution in [0.1, 0.15) is 24.9 Å². The molecule has 2 aromatic heterocycles. The predicted molar refractivity (Wildman–Crippen MR) is 99.6 cm³/mol. The third-order valence-corrected chi connectivity index (χ3v) is 4.30. The van der Waals surface area contributed by atoms with Crippen LogP contribution in [0.2, 0.25) is 5.02 Å². The van der Waals surface area contributed by atoms with E-state index in [0.717, 1.165) is 11.8 Å². The molecule has 1 atom stereocenters. The summed E-state index contributed by atoms with van der Waals surface area (Å²) >= 11 is 6.15. The van der Waals surface area contributed by atoms with Crippen molar-refractivity contribution in [1.82, 2.24) is 19.6 Å². The molecule has 1 aromatic carbocycles. The summed E-state index contributed by atoms with van der Waals surface area (Å²) in [7, 11) is 0. The molecule has 3 rings (SSSR count). The fourth-order valence-corrected chi connectivity index (χ4v) is 2.82. The second-order valence-electron chi connectivity index (χ2n) is 6.00. The van der Waals surface area contributed by atoms with Gasteiger partial charge in [-0.25, -0.2) is 4.39 Å². The van der Waals surface area contributed by atoms with Gasteiger partial charge in [-0.2, -0.15) is 10.2 Å². The number of carbonyl (C=O) groups excluding carboxylic acids is 1. The van der Waals surface area contributed by atoms with Crippen LogP contribution in [0.5, 0.6) is 0 Å². The van der Waals surface area contributed by atoms with Gasteiger partial charge in [0.1, 0.15) is 29.3 Å². The summed E-state index contributed by atoms with van der Waals surface area (Å²) in [5.74, 6) is -0.622. The lowest BCUT2D eigenvalue weighted by molar-refractivity contribution is -0.385. The Morgan fingerprint density at radius 3 is 2.68 bits per heavy atom. The van der Waals surface area contributed by atoms with Gasteiger partial charge in [0.2, 0.25) is 5.91 Å². The zero-order chi connectivity index (χ0) is 20.3. The maximum Gasteiger partial charge on any atom is 0.307 e. The van der Waals surface area contributed by atoms with Crippen LogP contribution < -0.4 is 5.32 Å². The second-order valence-corrected chi connectivity index (χ2v) is 6.41. The van der Waals surface area contributed by atoms with Crippen molar-refractivity contribution in [2.75, 3.05) is 5.32 Å². The van der Waals surface area contributed by atoms with Gasteiger partial charge in [0.15, 0.2) is 5.82 Å². The summed E-state index contributed by atoms with van der Waals surface area (Å²) in [4.78, 5) is 22.8. The summed E-state index contributed by atoms with van der Waals surface area (Å²) in [6.45, 7) is 2.10. The smallest absolute Gasteiger partial charge is 0.306 e. The molecule has 0 fully saturated rings. The fraction of sp³-hybridized carbons (Fsp3) is 0.235. The van der Waals surface area contributed by atoms with E-state index in [4.69, 9.17) is 11.6 Å². The van der Waals surface area contributed by atoms with Crippen molar-refractivity contribution in [3.05, 3.63) is 69.4 Å². The van der Waals surface area contributed by atoms with Crippen LogP contribution >= 0.6 is 11.6 Å². The zero-order valence-corrected chi connectivity index (χ0v) is 15.5. The van der Waals surface area contributed by atoms with Gasteiger partial charge in [0.05, 0.1) is 11.5 Å². The van der Waals surface area contributed by atoms with Gasteiger partial charge in [0, 0.05) is 6.20 Å². The van der Waals surface area contributed by atoms with Crippen LogP contribution in [0.4, 0.5) is 15.9 Å². The Hall–Kier alpha value is -3.27. The molecule has 0 saturated heterocycles. The average Bonchev–Trinajstić information content (AvgIpc) is 3.25. The van der Waals surface area contributed by atoms with Crippen LogP contribution in [-0.2, 0) is 11.3 Å². The molecule has 2 heterocycles. The number of anilines is 1. The highest BCUT2D eigenvalue weighted by molar-refractivity contribution is 6.33. The Morgan fingerprint density at radius 2 is 2.07 bits per heavy atom. The normalized spacial score (nSPS) is 12.0. The highest BCUT2D eigenvalue weighted by Crippen LogP contribution is 2.23. The Morgan fingerprint density at radius 1 is 1.36 bits per heavy atom. The maximum atomic E-state index is 13.0. The van der Waals surface area contributed by atoms with Crippen LogP contribution in [0.25, 0.3) is 0 Å². The first-order valence-corrected chi connectivity index (χ1v) is 8.72. The number of carbonyl (C=O) groups is 1. The number of benzene rings is 1.